The van der Waals surface area contributed by atoms with Gasteiger partial charge in [0, 0.05) is 32.5 Å². The average Bonchev–Trinajstić information content (AvgIpc) is 3.46. The Labute approximate surface area is 381 Å². The highest BCUT2D eigenvalue weighted by molar-refractivity contribution is 5.23. The molecule has 0 spiro atoms. The molecule has 0 amide bonds. The van der Waals surface area contributed by atoms with Crippen LogP contribution in [0.2, 0.25) is 0 Å². The minimum atomic E-state index is -1.51. The Morgan fingerprint density at radius 1 is 0.615 bits per heavy atom. The first kappa shape index (κ1) is 51.8. The molecule has 11 N–H and O–H groups in total. The van der Waals surface area contributed by atoms with Crippen LogP contribution in [-0.2, 0) is 37.9 Å². The number of hydrogen-bond donors (Lipinski definition) is 11. The van der Waals surface area contributed by atoms with Gasteiger partial charge in [-0.25, -0.2) is 0 Å². The van der Waals surface area contributed by atoms with Crippen LogP contribution in [0.3, 0.4) is 0 Å². The largest absolute Gasteiger partial charge is 0.393 e. The fraction of sp³-hybridized carbons (Fsp3) is 0.957. The zero-order valence-corrected chi connectivity index (χ0v) is 38.8. The summed E-state index contributed by atoms with van der Waals surface area (Å²) in [5, 5.41) is 123. The van der Waals surface area contributed by atoms with Crippen LogP contribution >= 0.6 is 0 Å². The topological polar surface area (TPSA) is 296 Å². The normalized spacial score (nSPS) is 52.5. The number of methoxy groups -OCH3 is 2. The molecule has 19 heteroatoms. The van der Waals surface area contributed by atoms with Crippen LogP contribution in [0.15, 0.2) is 12.2 Å². The quantitative estimate of drug-likeness (QED) is 0.0889. The lowest BCUT2D eigenvalue weighted by Crippen LogP contribution is -2.71. The summed E-state index contributed by atoms with van der Waals surface area (Å²) < 4.78 is 45.4. The summed E-state index contributed by atoms with van der Waals surface area (Å²) in [5.41, 5.74) is -2.82. The van der Waals surface area contributed by atoms with E-state index in [-0.39, 0.29) is 56.5 Å². The van der Waals surface area contributed by atoms with Gasteiger partial charge < -0.3 is 94.1 Å². The SMILES string of the molecule is COC1C(O)COC(OC2COC(OC3COC(OCCC(C=CC(C)C4C(O)C(O)C5C4(C)CCC4C6(C)CCC(O)C(O)C6C(O)CC45O)C(C)C)C(O)C3O)C(O)C2OC)C1O. The molecule has 19 nitrogen and oxygen atoms in total. The van der Waals surface area contributed by atoms with E-state index in [1.807, 2.05) is 20.8 Å². The van der Waals surface area contributed by atoms with Gasteiger partial charge in [0.15, 0.2) is 18.9 Å². The van der Waals surface area contributed by atoms with Crippen LogP contribution in [0, 0.1) is 52.3 Å². The van der Waals surface area contributed by atoms with Crippen molar-refractivity contribution >= 4 is 0 Å². The first-order valence-electron chi connectivity index (χ1n) is 23.7. The summed E-state index contributed by atoms with van der Waals surface area (Å²) in [7, 11) is 2.69. The Hall–Kier alpha value is -1.02. The molecule has 3 aliphatic heterocycles. The molecule has 0 bridgehead atoms. The zero-order chi connectivity index (χ0) is 47.5. The average molecular weight is 935 g/mol. The molecule has 4 saturated carbocycles. The molecule has 0 aromatic carbocycles. The Morgan fingerprint density at radius 3 is 1.88 bits per heavy atom. The van der Waals surface area contributed by atoms with E-state index < -0.39 is 139 Å². The van der Waals surface area contributed by atoms with E-state index in [1.165, 1.54) is 14.2 Å². The predicted molar refractivity (Wildman–Crippen MR) is 226 cm³/mol. The third-order valence-electron chi connectivity index (χ3n) is 17.1. The summed E-state index contributed by atoms with van der Waals surface area (Å²) in [6, 6.07) is 0. The van der Waals surface area contributed by atoms with Crippen molar-refractivity contribution in [3.8, 4) is 0 Å². The maximum absolute atomic E-state index is 12.7. The highest BCUT2D eigenvalue weighted by atomic mass is 16.8. The molecule has 26 unspecified atom stereocenters. The lowest BCUT2D eigenvalue weighted by molar-refractivity contribution is -0.351. The third kappa shape index (κ3) is 9.38. The van der Waals surface area contributed by atoms with Crippen LogP contribution < -0.4 is 0 Å². The Bertz CT molecular complexity index is 1590. The van der Waals surface area contributed by atoms with Crippen molar-refractivity contribution in [2.24, 2.45) is 52.3 Å². The van der Waals surface area contributed by atoms with Gasteiger partial charge in [0.25, 0.3) is 0 Å². The minimum absolute atomic E-state index is 0.00273. The minimum Gasteiger partial charge on any atom is -0.393 e. The second-order valence-electron chi connectivity index (χ2n) is 21.2. The van der Waals surface area contributed by atoms with Gasteiger partial charge in [-0.1, -0.05) is 46.8 Å². The molecule has 3 heterocycles. The summed E-state index contributed by atoms with van der Waals surface area (Å²) in [6.45, 7) is 9.83. The molecular weight excluding hydrogens is 856 g/mol. The number of aliphatic hydroxyl groups excluding tert-OH is 10. The Balaban J connectivity index is 0.914. The molecule has 26 atom stereocenters. The van der Waals surface area contributed by atoms with Crippen molar-refractivity contribution in [3.05, 3.63) is 12.2 Å². The molecule has 4 aliphatic carbocycles. The number of allylic oxidation sites excluding steroid dienone is 2. The van der Waals surface area contributed by atoms with E-state index in [0.29, 0.717) is 32.1 Å². The van der Waals surface area contributed by atoms with Crippen molar-refractivity contribution in [1.82, 2.24) is 0 Å². The zero-order valence-electron chi connectivity index (χ0n) is 38.8. The van der Waals surface area contributed by atoms with Crippen molar-refractivity contribution in [2.75, 3.05) is 40.6 Å². The third-order valence-corrected chi connectivity index (χ3v) is 17.1. The van der Waals surface area contributed by atoms with Crippen molar-refractivity contribution in [2.45, 2.75) is 183 Å². The van der Waals surface area contributed by atoms with E-state index in [0.717, 1.165) is 0 Å². The maximum Gasteiger partial charge on any atom is 0.186 e. The smallest absolute Gasteiger partial charge is 0.186 e. The highest BCUT2D eigenvalue weighted by Gasteiger charge is 2.73. The number of hydrogen-bond acceptors (Lipinski definition) is 19. The predicted octanol–water partition coefficient (Wildman–Crippen LogP) is -1.45. The number of ether oxygens (including phenoxy) is 8. The van der Waals surface area contributed by atoms with E-state index in [2.05, 4.69) is 26.0 Å². The molecular formula is C46H78O19. The second-order valence-corrected chi connectivity index (χ2v) is 21.2. The maximum atomic E-state index is 12.7. The Morgan fingerprint density at radius 2 is 1.22 bits per heavy atom. The molecule has 0 aromatic heterocycles. The highest BCUT2D eigenvalue weighted by Crippen LogP contribution is 2.69. The first-order valence-corrected chi connectivity index (χ1v) is 23.7. The van der Waals surface area contributed by atoms with Gasteiger partial charge in [-0.15, -0.1) is 0 Å². The molecule has 7 fully saturated rings. The monoisotopic (exact) mass is 935 g/mol. The van der Waals surface area contributed by atoms with Gasteiger partial charge in [-0.05, 0) is 72.5 Å². The fourth-order valence-electron chi connectivity index (χ4n) is 13.8. The summed E-state index contributed by atoms with van der Waals surface area (Å²) in [6.07, 6.45) is -13.3. The summed E-state index contributed by atoms with van der Waals surface area (Å²) >= 11 is 0. The second kappa shape index (κ2) is 20.4. The van der Waals surface area contributed by atoms with E-state index >= 15 is 0 Å². The number of rotatable bonds is 14. The molecule has 7 aliphatic rings. The van der Waals surface area contributed by atoms with Crippen molar-refractivity contribution in [1.29, 1.82) is 0 Å². The van der Waals surface area contributed by atoms with E-state index in [4.69, 9.17) is 37.9 Å². The fourth-order valence-corrected chi connectivity index (χ4v) is 13.8. The lowest BCUT2D eigenvalue weighted by atomic mass is 9.41. The van der Waals surface area contributed by atoms with Crippen molar-refractivity contribution < 1.29 is 94.1 Å². The molecule has 3 saturated heterocycles. The summed E-state index contributed by atoms with van der Waals surface area (Å²) in [5.74, 6) is -2.12. The van der Waals surface area contributed by atoms with Gasteiger partial charge in [-0.3, -0.25) is 0 Å². The van der Waals surface area contributed by atoms with Gasteiger partial charge in [0.05, 0.1) is 62.5 Å². The van der Waals surface area contributed by atoms with Gasteiger partial charge in [0.2, 0.25) is 0 Å². The van der Waals surface area contributed by atoms with E-state index in [1.54, 1.807) is 0 Å². The molecule has 7 rings (SSSR count). The van der Waals surface area contributed by atoms with Gasteiger partial charge in [-0.2, -0.15) is 0 Å². The van der Waals surface area contributed by atoms with Gasteiger partial charge >= 0.3 is 0 Å². The van der Waals surface area contributed by atoms with Crippen LogP contribution in [0.5, 0.6) is 0 Å². The molecule has 65 heavy (non-hydrogen) atoms. The van der Waals surface area contributed by atoms with Crippen molar-refractivity contribution in [3.63, 3.8) is 0 Å². The first-order chi connectivity index (χ1) is 30.6. The number of fused-ring (bicyclic) bond motifs is 5. The molecule has 0 radical (unpaired) electrons. The summed E-state index contributed by atoms with van der Waals surface area (Å²) in [4.78, 5) is 0. The number of aliphatic hydroxyl groups is 11. The van der Waals surface area contributed by atoms with Crippen LogP contribution in [0.25, 0.3) is 0 Å². The standard InChI is InChI=1S/C46H78O19/c1-20(2)22(9-8-21(3)29-33(52)34(53)40-45(29,5)14-11-28-44(4)13-10-23(47)31(50)30(44)24(48)16-46(28,40)57)12-15-60-41-35(54)32(51)26(18-62-41)64-43-37(56)39(59-7)27(19-63-43)65-42-36(55)38(58-6)25(49)17-61-42/h8-9,20-43,47-57H,10-19H2,1-7H3. The molecule has 376 valence electrons. The van der Waals surface area contributed by atoms with Crippen LogP contribution in [-0.4, -0.2) is 207 Å². The van der Waals surface area contributed by atoms with Crippen LogP contribution in [0.1, 0.15) is 73.1 Å². The van der Waals surface area contributed by atoms with Crippen LogP contribution in [0.4, 0.5) is 0 Å². The Kier molecular flexibility index (Phi) is 16.2. The van der Waals surface area contributed by atoms with E-state index in [9.17, 15) is 56.2 Å². The lowest BCUT2D eigenvalue weighted by Gasteiger charge is -2.66. The van der Waals surface area contributed by atoms with Gasteiger partial charge in [0.1, 0.15) is 54.9 Å². The molecule has 0 aromatic rings.